The summed E-state index contributed by atoms with van der Waals surface area (Å²) in [6.45, 7) is 6.51. The van der Waals surface area contributed by atoms with Crippen molar-refractivity contribution in [3.63, 3.8) is 0 Å². The van der Waals surface area contributed by atoms with Crippen molar-refractivity contribution in [2.45, 2.75) is 85.0 Å². The summed E-state index contributed by atoms with van der Waals surface area (Å²) in [6, 6.07) is 8.28. The Labute approximate surface area is 259 Å². The highest BCUT2D eigenvalue weighted by Gasteiger charge is 2.36. The molecule has 0 fully saturated rings. The summed E-state index contributed by atoms with van der Waals surface area (Å²) >= 11 is 0.789. The largest absolute Gasteiger partial charge is 0.497 e. The molecule has 0 amide bonds. The molecule has 0 radical (unpaired) electrons. The van der Waals surface area contributed by atoms with E-state index in [1.165, 1.54) is 36.4 Å². The molecule has 14 heteroatoms. The molecule has 0 aliphatic carbocycles. The Kier molecular flexibility index (Phi) is 11.5. The monoisotopic (exact) mass is 645 g/mol. The summed E-state index contributed by atoms with van der Waals surface area (Å²) < 4.78 is 27.3. The first-order valence-electron chi connectivity index (χ1n) is 14.5. The molecule has 0 aliphatic heterocycles. The third-order valence-corrected chi connectivity index (χ3v) is 10.8. The van der Waals surface area contributed by atoms with Crippen LogP contribution >= 0.6 is 18.2 Å². The molecule has 0 saturated heterocycles. The van der Waals surface area contributed by atoms with Gasteiger partial charge in [0.25, 0.3) is 17.1 Å². The van der Waals surface area contributed by atoms with E-state index in [9.17, 15) is 34.9 Å². The van der Waals surface area contributed by atoms with Crippen LogP contribution in [0.3, 0.4) is 0 Å². The minimum atomic E-state index is -4.31. The zero-order valence-electron chi connectivity index (χ0n) is 25.6. The highest BCUT2D eigenvalue weighted by atomic mass is 32.7. The van der Waals surface area contributed by atoms with E-state index in [4.69, 9.17) is 9.05 Å². The Hall–Kier alpha value is -3.96. The Morgan fingerprint density at radius 1 is 0.545 bits per heavy atom. The van der Waals surface area contributed by atoms with E-state index in [0.717, 1.165) is 11.4 Å². The lowest BCUT2D eigenvalue weighted by molar-refractivity contribution is -0.385. The molecule has 3 aromatic rings. The number of nitro groups is 3. The summed E-state index contributed by atoms with van der Waals surface area (Å²) in [5.74, 6) is 0.300. The van der Waals surface area contributed by atoms with Gasteiger partial charge in [-0.1, -0.05) is 41.5 Å². The molecule has 0 aromatic heterocycles. The molecule has 0 bridgehead atoms. The molecule has 0 N–H and O–H groups in total. The van der Waals surface area contributed by atoms with E-state index >= 15 is 0 Å². The molecule has 0 spiro atoms. The van der Waals surface area contributed by atoms with Crippen molar-refractivity contribution < 1.29 is 28.4 Å². The summed E-state index contributed by atoms with van der Waals surface area (Å²) in [5.41, 5.74) is 2.84. The molecule has 0 atom stereocenters. The van der Waals surface area contributed by atoms with Crippen LogP contribution in [-0.4, -0.2) is 14.8 Å². The van der Waals surface area contributed by atoms with E-state index in [-0.39, 0.29) is 28.6 Å². The van der Waals surface area contributed by atoms with Gasteiger partial charge in [-0.25, -0.2) is 4.57 Å². The number of hydrogen-bond acceptors (Lipinski definition) is 10. The third-order valence-electron chi connectivity index (χ3n) is 7.43. The minimum absolute atomic E-state index is 0.0437. The number of benzene rings is 3. The summed E-state index contributed by atoms with van der Waals surface area (Å²) in [4.78, 5) is 34.3. The van der Waals surface area contributed by atoms with Gasteiger partial charge in [0.2, 0.25) is 0 Å². The Balaban J connectivity index is 2.28. The van der Waals surface area contributed by atoms with Crippen LogP contribution in [0.1, 0.15) is 74.9 Å². The van der Waals surface area contributed by atoms with Crippen molar-refractivity contribution in [3.8, 4) is 11.5 Å². The molecular formula is C30H36N3O9PS. The topological polar surface area (TPSA) is 165 Å². The van der Waals surface area contributed by atoms with Crippen LogP contribution in [0.25, 0.3) is 0 Å². The summed E-state index contributed by atoms with van der Waals surface area (Å²) in [5, 5.41) is 35.2. The first-order chi connectivity index (χ1) is 20.9. The number of hydrogen-bond donors (Lipinski definition) is 0. The van der Waals surface area contributed by atoms with Crippen molar-refractivity contribution in [2.24, 2.45) is 0 Å². The summed E-state index contributed by atoms with van der Waals surface area (Å²) in [6.07, 6.45) is 2.13. The fourth-order valence-corrected chi connectivity index (χ4v) is 9.14. The van der Waals surface area contributed by atoms with Gasteiger partial charge in [-0.05, 0) is 62.3 Å². The SMILES string of the molecule is CCc1c(OP(=O)(Oc2ccc([N+](=O)[O-])c(CC)c2CC)Sc2ccc([N+](=O)[O-])c(CC)c2CC)ccc([N+](=O)[O-])c1CC. The maximum Gasteiger partial charge on any atom is 0.497 e. The Morgan fingerprint density at radius 3 is 1.18 bits per heavy atom. The maximum atomic E-state index is 14.9. The average Bonchev–Trinajstić information content (AvgIpc) is 2.99. The maximum absolute atomic E-state index is 14.9. The first kappa shape index (κ1) is 34.5. The lowest BCUT2D eigenvalue weighted by Crippen LogP contribution is -2.07. The minimum Gasteiger partial charge on any atom is -0.408 e. The fourth-order valence-electron chi connectivity index (χ4n) is 5.51. The van der Waals surface area contributed by atoms with Gasteiger partial charge < -0.3 is 9.05 Å². The van der Waals surface area contributed by atoms with Crippen LogP contribution in [0.5, 0.6) is 11.5 Å². The molecule has 0 unspecified atom stereocenters. The van der Waals surface area contributed by atoms with E-state index in [1.54, 1.807) is 20.8 Å². The fraction of sp³-hybridized carbons (Fsp3) is 0.400. The van der Waals surface area contributed by atoms with Crippen molar-refractivity contribution in [1.82, 2.24) is 0 Å². The van der Waals surface area contributed by atoms with Gasteiger partial charge in [-0.2, -0.15) is 0 Å². The normalized spacial score (nSPS) is 11.3. The van der Waals surface area contributed by atoms with Crippen LogP contribution < -0.4 is 9.05 Å². The standard InChI is InChI=1S/C30H36N3O9PS/c1-7-19-22(10-4)28(16-13-25(19)31(34)35)41-43(40,42-29-17-14-26(32(36)37)20(8-2)23(29)11-5)44-30-18-15-27(33(38)39)21(9-3)24(30)12-6/h13-18H,7-12H2,1-6H3. The second-order valence-electron chi connectivity index (χ2n) is 9.73. The second kappa shape index (κ2) is 14.7. The molecule has 3 rings (SSSR count). The highest BCUT2D eigenvalue weighted by molar-refractivity contribution is 8.55. The molecule has 0 aliphatic rings. The summed E-state index contributed by atoms with van der Waals surface area (Å²) in [7, 11) is 0. The third kappa shape index (κ3) is 7.05. The number of rotatable bonds is 15. The smallest absolute Gasteiger partial charge is 0.408 e. The number of nitrogens with zero attached hydrogens (tertiary/aromatic N) is 3. The van der Waals surface area contributed by atoms with Crippen molar-refractivity contribution in [2.75, 3.05) is 0 Å². The second-order valence-corrected chi connectivity index (χ2v) is 13.5. The van der Waals surface area contributed by atoms with Crippen LogP contribution in [0.4, 0.5) is 17.1 Å². The zero-order valence-corrected chi connectivity index (χ0v) is 27.3. The number of nitro benzene ring substituents is 3. The molecule has 12 nitrogen and oxygen atoms in total. The molecule has 3 aromatic carbocycles. The van der Waals surface area contributed by atoms with Gasteiger partial charge in [-0.15, -0.1) is 0 Å². The van der Waals surface area contributed by atoms with Gasteiger partial charge in [0.05, 0.1) is 14.8 Å². The van der Waals surface area contributed by atoms with Crippen molar-refractivity contribution in [1.29, 1.82) is 0 Å². The van der Waals surface area contributed by atoms with Gasteiger partial charge in [0.1, 0.15) is 11.5 Å². The quantitative estimate of drug-likeness (QED) is 0.0883. The van der Waals surface area contributed by atoms with E-state index in [1.807, 2.05) is 20.8 Å². The van der Waals surface area contributed by atoms with Crippen LogP contribution in [0.15, 0.2) is 41.3 Å². The van der Waals surface area contributed by atoms with Gasteiger partial charge in [-0.3, -0.25) is 30.3 Å². The van der Waals surface area contributed by atoms with Crippen molar-refractivity contribution in [3.05, 3.63) is 100 Å². The Morgan fingerprint density at radius 2 is 0.864 bits per heavy atom. The average molecular weight is 646 g/mol. The van der Waals surface area contributed by atoms with E-state index in [2.05, 4.69) is 0 Å². The van der Waals surface area contributed by atoms with Crippen LogP contribution in [-0.2, 0) is 43.1 Å². The van der Waals surface area contributed by atoms with Gasteiger partial charge in [0, 0.05) is 62.3 Å². The lowest BCUT2D eigenvalue weighted by atomic mass is 10.00. The van der Waals surface area contributed by atoms with Gasteiger partial charge in [0.15, 0.2) is 0 Å². The molecule has 44 heavy (non-hydrogen) atoms. The van der Waals surface area contributed by atoms with Crippen LogP contribution in [0.2, 0.25) is 0 Å². The molecule has 0 heterocycles. The lowest BCUT2D eigenvalue weighted by Gasteiger charge is -2.24. The van der Waals surface area contributed by atoms with E-state index < -0.39 is 21.6 Å². The molecule has 236 valence electrons. The van der Waals surface area contributed by atoms with Crippen molar-refractivity contribution >= 4 is 35.2 Å². The highest BCUT2D eigenvalue weighted by Crippen LogP contribution is 2.64. The molecule has 0 saturated carbocycles. The Bertz CT molecular complexity index is 1460. The first-order valence-corrected chi connectivity index (χ1v) is 17.4. The zero-order chi connectivity index (χ0) is 32.8. The van der Waals surface area contributed by atoms with E-state index in [0.29, 0.717) is 76.8 Å². The predicted molar refractivity (Wildman–Crippen MR) is 170 cm³/mol. The molecular weight excluding hydrogens is 609 g/mol. The van der Waals surface area contributed by atoms with Crippen LogP contribution in [0, 0.1) is 30.3 Å². The predicted octanol–water partition coefficient (Wildman–Crippen LogP) is 9.14. The van der Waals surface area contributed by atoms with Gasteiger partial charge >= 0.3 is 6.80 Å².